The van der Waals surface area contributed by atoms with Gasteiger partial charge in [0.05, 0.1) is 11.4 Å². The Labute approximate surface area is 73.0 Å². The Bertz CT molecular complexity index is 252. The van der Waals surface area contributed by atoms with Gasteiger partial charge in [-0.05, 0) is 24.0 Å². The molecule has 1 rings (SSSR count). The maximum Gasteiger partial charge on any atom is 0.0823 e. The van der Waals surface area contributed by atoms with Crippen LogP contribution >= 0.6 is 0 Å². The zero-order valence-corrected chi connectivity index (χ0v) is 7.57. The van der Waals surface area contributed by atoms with Crippen LogP contribution in [0.1, 0.15) is 26.7 Å². The monoisotopic (exact) mass is 162 g/mol. The summed E-state index contributed by atoms with van der Waals surface area (Å²) in [6, 6.07) is 0. The number of hydrogen-bond donors (Lipinski definition) is 2. The van der Waals surface area contributed by atoms with Crippen molar-refractivity contribution in [1.82, 2.24) is 0 Å². The third-order valence-corrected chi connectivity index (χ3v) is 2.14. The van der Waals surface area contributed by atoms with E-state index in [1.165, 1.54) is 0 Å². The van der Waals surface area contributed by atoms with E-state index >= 15 is 0 Å². The van der Waals surface area contributed by atoms with E-state index in [0.29, 0.717) is 11.4 Å². The molecule has 0 fully saturated rings. The van der Waals surface area contributed by atoms with Gasteiger partial charge in [-0.25, -0.2) is 0 Å². The molecule has 0 amide bonds. The molecule has 64 valence electrons. The third kappa shape index (κ3) is 1.37. The molecule has 0 heterocycles. The van der Waals surface area contributed by atoms with Crippen molar-refractivity contribution in [2.45, 2.75) is 26.7 Å². The van der Waals surface area contributed by atoms with E-state index < -0.39 is 0 Å². The van der Waals surface area contributed by atoms with Crippen LogP contribution in [0.2, 0.25) is 0 Å². The Morgan fingerprint density at radius 3 is 1.50 bits per heavy atom. The Kier molecular flexibility index (Phi) is 2.58. The predicted octanol–water partition coefficient (Wildman–Crippen LogP) is 2.71. The van der Waals surface area contributed by atoms with Crippen LogP contribution in [0.3, 0.4) is 0 Å². The standard InChI is InChI=1S/C10H14N2/c1-3-7-5-6-8(4-2)10(12)9(7)11/h5-6,11-12H,3-4H2,1-2H3. The fourth-order valence-electron chi connectivity index (χ4n) is 1.28. The molecule has 0 aromatic carbocycles. The van der Waals surface area contributed by atoms with Crippen LogP contribution in [0.5, 0.6) is 0 Å². The highest BCUT2D eigenvalue weighted by molar-refractivity contribution is 6.52. The Morgan fingerprint density at radius 1 is 0.917 bits per heavy atom. The molecule has 0 aliphatic heterocycles. The summed E-state index contributed by atoms with van der Waals surface area (Å²) in [6.45, 7) is 4.02. The molecule has 0 aromatic heterocycles. The average Bonchev–Trinajstić information content (AvgIpc) is 2.10. The summed E-state index contributed by atoms with van der Waals surface area (Å²) >= 11 is 0. The van der Waals surface area contributed by atoms with Crippen LogP contribution in [0.25, 0.3) is 0 Å². The van der Waals surface area contributed by atoms with Gasteiger partial charge in [0, 0.05) is 0 Å². The summed E-state index contributed by atoms with van der Waals surface area (Å²) in [5, 5.41) is 15.3. The van der Waals surface area contributed by atoms with E-state index in [2.05, 4.69) is 0 Å². The summed E-state index contributed by atoms with van der Waals surface area (Å²) in [6.07, 6.45) is 5.60. The highest BCUT2D eigenvalue weighted by atomic mass is 14.5. The topological polar surface area (TPSA) is 47.7 Å². The largest absolute Gasteiger partial charge is 0.298 e. The van der Waals surface area contributed by atoms with E-state index in [4.69, 9.17) is 10.8 Å². The maximum absolute atomic E-state index is 7.65. The summed E-state index contributed by atoms with van der Waals surface area (Å²) in [4.78, 5) is 0. The van der Waals surface area contributed by atoms with Gasteiger partial charge in [-0.3, -0.25) is 10.8 Å². The maximum atomic E-state index is 7.65. The smallest absolute Gasteiger partial charge is 0.0823 e. The van der Waals surface area contributed by atoms with Crippen molar-refractivity contribution >= 4 is 11.4 Å². The summed E-state index contributed by atoms with van der Waals surface area (Å²) < 4.78 is 0. The molecule has 0 unspecified atom stereocenters. The van der Waals surface area contributed by atoms with E-state index in [9.17, 15) is 0 Å². The summed E-state index contributed by atoms with van der Waals surface area (Å²) in [7, 11) is 0. The van der Waals surface area contributed by atoms with Crippen LogP contribution in [0.4, 0.5) is 0 Å². The molecule has 12 heavy (non-hydrogen) atoms. The van der Waals surface area contributed by atoms with E-state index in [1.807, 2.05) is 26.0 Å². The highest BCUT2D eigenvalue weighted by Crippen LogP contribution is 2.16. The molecule has 1 aliphatic rings. The van der Waals surface area contributed by atoms with Crippen molar-refractivity contribution in [2.24, 2.45) is 0 Å². The second-order valence-corrected chi connectivity index (χ2v) is 2.84. The first-order valence-corrected chi connectivity index (χ1v) is 4.28. The minimum Gasteiger partial charge on any atom is -0.298 e. The first-order valence-electron chi connectivity index (χ1n) is 4.28. The van der Waals surface area contributed by atoms with Crippen LogP contribution in [0, 0.1) is 10.8 Å². The molecule has 0 saturated carbocycles. The minimum absolute atomic E-state index is 0.400. The molecule has 0 atom stereocenters. The lowest BCUT2D eigenvalue weighted by Crippen LogP contribution is -2.19. The van der Waals surface area contributed by atoms with Gasteiger partial charge in [0.15, 0.2) is 0 Å². The van der Waals surface area contributed by atoms with Gasteiger partial charge in [-0.1, -0.05) is 26.0 Å². The van der Waals surface area contributed by atoms with Gasteiger partial charge in [0.1, 0.15) is 0 Å². The molecular formula is C10H14N2. The zero-order chi connectivity index (χ0) is 9.14. The predicted molar refractivity (Wildman–Crippen MR) is 52.2 cm³/mol. The Balaban J connectivity index is 3.00. The third-order valence-electron chi connectivity index (χ3n) is 2.14. The van der Waals surface area contributed by atoms with Crippen molar-refractivity contribution in [3.63, 3.8) is 0 Å². The summed E-state index contributed by atoms with van der Waals surface area (Å²) in [5.41, 5.74) is 2.74. The lowest BCUT2D eigenvalue weighted by molar-refractivity contribution is 1.13. The Hall–Kier alpha value is -1.18. The van der Waals surface area contributed by atoms with Crippen LogP contribution in [-0.4, -0.2) is 11.4 Å². The lowest BCUT2D eigenvalue weighted by Gasteiger charge is -2.14. The molecule has 0 radical (unpaired) electrons. The molecule has 0 spiro atoms. The average molecular weight is 162 g/mol. The first-order chi connectivity index (χ1) is 5.70. The van der Waals surface area contributed by atoms with Gasteiger partial charge >= 0.3 is 0 Å². The molecule has 1 aliphatic carbocycles. The molecule has 2 heteroatoms. The molecule has 2 N–H and O–H groups in total. The second kappa shape index (κ2) is 3.48. The van der Waals surface area contributed by atoms with E-state index in [-0.39, 0.29) is 0 Å². The van der Waals surface area contributed by atoms with Gasteiger partial charge in [-0.2, -0.15) is 0 Å². The lowest BCUT2D eigenvalue weighted by atomic mass is 9.91. The number of hydrogen-bond acceptors (Lipinski definition) is 2. The quantitative estimate of drug-likeness (QED) is 0.586. The van der Waals surface area contributed by atoms with Gasteiger partial charge < -0.3 is 0 Å². The molecule has 0 bridgehead atoms. The molecule has 0 aromatic rings. The SMILES string of the molecule is CCC1=CC=C(CC)C(=N)C1=N. The van der Waals surface area contributed by atoms with Crippen molar-refractivity contribution in [3.05, 3.63) is 23.3 Å². The van der Waals surface area contributed by atoms with Crippen LogP contribution < -0.4 is 0 Å². The van der Waals surface area contributed by atoms with E-state index in [0.717, 1.165) is 24.0 Å². The highest BCUT2D eigenvalue weighted by Gasteiger charge is 2.15. The number of rotatable bonds is 2. The van der Waals surface area contributed by atoms with E-state index in [1.54, 1.807) is 0 Å². The fourth-order valence-corrected chi connectivity index (χ4v) is 1.28. The first kappa shape index (κ1) is 8.91. The van der Waals surface area contributed by atoms with Crippen LogP contribution in [-0.2, 0) is 0 Å². The van der Waals surface area contributed by atoms with Crippen molar-refractivity contribution in [1.29, 1.82) is 10.8 Å². The molecular weight excluding hydrogens is 148 g/mol. The molecule has 0 saturated heterocycles. The number of nitrogens with one attached hydrogen (secondary N) is 2. The number of allylic oxidation sites excluding steroid dienone is 4. The van der Waals surface area contributed by atoms with Gasteiger partial charge in [0.25, 0.3) is 0 Å². The normalized spacial score (nSPS) is 17.5. The van der Waals surface area contributed by atoms with Crippen molar-refractivity contribution in [2.75, 3.05) is 0 Å². The zero-order valence-electron chi connectivity index (χ0n) is 7.57. The Morgan fingerprint density at radius 2 is 1.25 bits per heavy atom. The van der Waals surface area contributed by atoms with Gasteiger partial charge in [0.2, 0.25) is 0 Å². The fraction of sp³-hybridized carbons (Fsp3) is 0.400. The van der Waals surface area contributed by atoms with Crippen LogP contribution in [0.15, 0.2) is 23.3 Å². The summed E-state index contributed by atoms with van der Waals surface area (Å²) in [5.74, 6) is 0. The van der Waals surface area contributed by atoms with Gasteiger partial charge in [-0.15, -0.1) is 0 Å². The molecule has 2 nitrogen and oxygen atoms in total. The van der Waals surface area contributed by atoms with Crippen molar-refractivity contribution in [3.8, 4) is 0 Å². The van der Waals surface area contributed by atoms with Crippen molar-refractivity contribution < 1.29 is 0 Å². The minimum atomic E-state index is 0.400. The second-order valence-electron chi connectivity index (χ2n) is 2.84.